The summed E-state index contributed by atoms with van der Waals surface area (Å²) in [6, 6.07) is 11.5. The zero-order valence-electron chi connectivity index (χ0n) is 14.2. The number of rotatable bonds is 7. The van der Waals surface area contributed by atoms with Gasteiger partial charge in [0.15, 0.2) is 11.5 Å². The summed E-state index contributed by atoms with van der Waals surface area (Å²) in [7, 11) is 1.54. The van der Waals surface area contributed by atoms with E-state index in [4.69, 9.17) is 21.7 Å². The van der Waals surface area contributed by atoms with Crippen LogP contribution in [0.25, 0.3) is 0 Å². The monoisotopic (exact) mass is 385 g/mol. The minimum absolute atomic E-state index is 0.0395. The van der Waals surface area contributed by atoms with Crippen molar-refractivity contribution in [3.05, 3.63) is 74.8 Å². The van der Waals surface area contributed by atoms with Gasteiger partial charge in [0.1, 0.15) is 12.9 Å². The normalized spacial score (nSPS) is 10.9. The van der Waals surface area contributed by atoms with E-state index in [9.17, 15) is 10.1 Å². The van der Waals surface area contributed by atoms with Crippen LogP contribution >= 0.6 is 12.2 Å². The molecule has 0 unspecified atom stereocenters. The molecule has 0 aliphatic heterocycles. The zero-order chi connectivity index (χ0) is 19.2. The van der Waals surface area contributed by atoms with E-state index in [2.05, 4.69) is 15.3 Å². The van der Waals surface area contributed by atoms with Crippen molar-refractivity contribution in [2.45, 2.75) is 6.61 Å². The Bertz CT molecular complexity index is 1030. The van der Waals surface area contributed by atoms with E-state index in [1.54, 1.807) is 37.6 Å². The molecule has 0 saturated carbocycles. The summed E-state index contributed by atoms with van der Waals surface area (Å²) < 4.78 is 12.9. The maximum absolute atomic E-state index is 10.7. The van der Waals surface area contributed by atoms with Crippen LogP contribution in [0.4, 0.5) is 5.69 Å². The lowest BCUT2D eigenvalue weighted by atomic mass is 10.2. The fourth-order valence-electron chi connectivity index (χ4n) is 2.21. The van der Waals surface area contributed by atoms with Crippen molar-refractivity contribution in [3.8, 4) is 11.5 Å². The van der Waals surface area contributed by atoms with Crippen LogP contribution in [0.15, 0.2) is 53.9 Å². The third-order valence-corrected chi connectivity index (χ3v) is 3.87. The lowest BCUT2D eigenvalue weighted by Gasteiger charge is -2.11. The summed E-state index contributed by atoms with van der Waals surface area (Å²) in [4.78, 5) is 10.2. The smallest absolute Gasteiger partial charge is 0.269 e. The molecule has 0 saturated heterocycles. The van der Waals surface area contributed by atoms with E-state index in [0.717, 1.165) is 11.1 Å². The van der Waals surface area contributed by atoms with Crippen molar-refractivity contribution in [3.63, 3.8) is 0 Å². The standard InChI is InChI=1S/C17H15N5O4S/c1-25-16-8-13(9-19-21-11-18-20-17(21)27)4-7-15(16)26-10-12-2-5-14(6-3-12)22(23)24/h2-9,11H,10H2,1H3,(H,20,27)/b19-9-. The number of nitro benzene ring substituents is 1. The summed E-state index contributed by atoms with van der Waals surface area (Å²) in [6.07, 6.45) is 3.09. The Morgan fingerprint density at radius 1 is 1.30 bits per heavy atom. The molecule has 0 atom stereocenters. The number of non-ortho nitro benzene ring substituents is 1. The second kappa shape index (κ2) is 8.23. The molecule has 9 nitrogen and oxygen atoms in total. The van der Waals surface area contributed by atoms with E-state index in [0.29, 0.717) is 16.3 Å². The van der Waals surface area contributed by atoms with Crippen LogP contribution in [0.5, 0.6) is 11.5 Å². The van der Waals surface area contributed by atoms with E-state index in [-0.39, 0.29) is 12.3 Å². The first-order chi connectivity index (χ1) is 13.1. The van der Waals surface area contributed by atoms with Crippen LogP contribution in [0.2, 0.25) is 0 Å². The summed E-state index contributed by atoms with van der Waals surface area (Å²) in [6.45, 7) is 0.256. The fourth-order valence-corrected chi connectivity index (χ4v) is 2.36. The number of aromatic amines is 1. The number of nitrogens with one attached hydrogen (secondary N) is 1. The summed E-state index contributed by atoms with van der Waals surface area (Å²) >= 11 is 5.02. The van der Waals surface area contributed by atoms with E-state index in [1.807, 2.05) is 6.07 Å². The number of hydrogen-bond donors (Lipinski definition) is 1. The Balaban J connectivity index is 1.70. The Morgan fingerprint density at radius 2 is 2.07 bits per heavy atom. The predicted octanol–water partition coefficient (Wildman–Crippen LogP) is 3.32. The van der Waals surface area contributed by atoms with Crippen molar-refractivity contribution in [1.82, 2.24) is 14.9 Å². The number of nitro groups is 1. The highest BCUT2D eigenvalue weighted by Gasteiger charge is 2.08. The molecule has 0 radical (unpaired) electrons. The molecular formula is C17H15N5O4S. The highest BCUT2D eigenvalue weighted by Crippen LogP contribution is 2.28. The van der Waals surface area contributed by atoms with Gasteiger partial charge in [-0.2, -0.15) is 14.9 Å². The molecule has 10 heteroatoms. The maximum atomic E-state index is 10.7. The van der Waals surface area contributed by atoms with Gasteiger partial charge >= 0.3 is 0 Å². The first-order valence-corrected chi connectivity index (χ1v) is 8.18. The van der Waals surface area contributed by atoms with Crippen LogP contribution in [0.3, 0.4) is 0 Å². The minimum atomic E-state index is -0.440. The van der Waals surface area contributed by atoms with Gasteiger partial charge in [-0.3, -0.25) is 15.2 Å². The average molecular weight is 385 g/mol. The minimum Gasteiger partial charge on any atom is -0.493 e. The van der Waals surface area contributed by atoms with Gasteiger partial charge < -0.3 is 9.47 Å². The number of H-pyrrole nitrogens is 1. The third kappa shape index (κ3) is 4.55. The van der Waals surface area contributed by atoms with E-state index in [1.165, 1.54) is 23.1 Å². The second-order valence-corrected chi connectivity index (χ2v) is 5.76. The van der Waals surface area contributed by atoms with Crippen LogP contribution in [-0.4, -0.2) is 33.1 Å². The van der Waals surface area contributed by atoms with Gasteiger partial charge in [0.2, 0.25) is 4.77 Å². The highest BCUT2D eigenvalue weighted by atomic mass is 32.1. The maximum Gasteiger partial charge on any atom is 0.269 e. The van der Waals surface area contributed by atoms with Crippen molar-refractivity contribution in [1.29, 1.82) is 0 Å². The molecule has 138 valence electrons. The summed E-state index contributed by atoms with van der Waals surface area (Å²) in [5, 5.41) is 21.3. The number of benzene rings is 2. The van der Waals surface area contributed by atoms with Gasteiger partial charge in [0.25, 0.3) is 5.69 Å². The van der Waals surface area contributed by atoms with E-state index < -0.39 is 4.92 Å². The van der Waals surface area contributed by atoms with Gasteiger partial charge in [0.05, 0.1) is 18.2 Å². The molecule has 0 bridgehead atoms. The van der Waals surface area contributed by atoms with Gasteiger partial charge in [-0.05, 0) is 53.7 Å². The SMILES string of the molecule is COc1cc(/C=N\n2cn[nH]c2=S)ccc1OCc1ccc([N+](=O)[O-])cc1. The molecule has 1 aromatic heterocycles. The van der Waals surface area contributed by atoms with Gasteiger partial charge in [-0.15, -0.1) is 0 Å². The van der Waals surface area contributed by atoms with Gasteiger partial charge in [0, 0.05) is 12.1 Å². The summed E-state index contributed by atoms with van der Waals surface area (Å²) in [5.41, 5.74) is 1.64. The largest absolute Gasteiger partial charge is 0.493 e. The van der Waals surface area contributed by atoms with Crippen LogP contribution in [0, 0.1) is 14.9 Å². The van der Waals surface area contributed by atoms with E-state index >= 15 is 0 Å². The molecule has 0 spiro atoms. The quantitative estimate of drug-likeness (QED) is 0.289. The molecule has 0 aliphatic carbocycles. The molecule has 3 rings (SSSR count). The average Bonchev–Trinajstić information content (AvgIpc) is 3.10. The molecule has 2 aromatic carbocycles. The molecule has 0 amide bonds. The molecule has 1 heterocycles. The third-order valence-electron chi connectivity index (χ3n) is 3.60. The number of methoxy groups -OCH3 is 1. The summed E-state index contributed by atoms with van der Waals surface area (Å²) in [5.74, 6) is 1.09. The lowest BCUT2D eigenvalue weighted by molar-refractivity contribution is -0.384. The molecule has 0 aliphatic rings. The van der Waals surface area contributed by atoms with Crippen molar-refractivity contribution < 1.29 is 14.4 Å². The first kappa shape index (κ1) is 18.3. The molecular weight excluding hydrogens is 370 g/mol. The molecule has 1 N–H and O–H groups in total. The number of nitrogens with zero attached hydrogens (tertiary/aromatic N) is 4. The van der Waals surface area contributed by atoms with Crippen LogP contribution in [-0.2, 0) is 6.61 Å². The van der Waals surface area contributed by atoms with Gasteiger partial charge in [-0.1, -0.05) is 0 Å². The second-order valence-electron chi connectivity index (χ2n) is 5.37. The number of hydrogen-bond acceptors (Lipinski definition) is 7. The Labute approximate surface area is 159 Å². The predicted molar refractivity (Wildman–Crippen MR) is 101 cm³/mol. The number of ether oxygens (including phenoxy) is 2. The van der Waals surface area contributed by atoms with Crippen LogP contribution in [0.1, 0.15) is 11.1 Å². The zero-order valence-corrected chi connectivity index (χ0v) is 15.0. The lowest BCUT2D eigenvalue weighted by Crippen LogP contribution is -1.99. The van der Waals surface area contributed by atoms with Crippen LogP contribution < -0.4 is 9.47 Å². The first-order valence-electron chi connectivity index (χ1n) is 7.77. The Kier molecular flexibility index (Phi) is 5.57. The van der Waals surface area contributed by atoms with Crippen molar-refractivity contribution in [2.24, 2.45) is 5.10 Å². The molecule has 3 aromatic rings. The van der Waals surface area contributed by atoms with Gasteiger partial charge in [-0.25, -0.2) is 0 Å². The van der Waals surface area contributed by atoms with Crippen molar-refractivity contribution in [2.75, 3.05) is 7.11 Å². The fraction of sp³-hybridized carbons (Fsp3) is 0.118. The molecule has 0 fully saturated rings. The molecule has 27 heavy (non-hydrogen) atoms. The Hall–Kier alpha value is -3.53. The topological polar surface area (TPSA) is 108 Å². The Morgan fingerprint density at radius 3 is 2.70 bits per heavy atom. The highest BCUT2D eigenvalue weighted by molar-refractivity contribution is 7.71. The van der Waals surface area contributed by atoms with Crippen molar-refractivity contribution >= 4 is 24.1 Å². The number of aromatic nitrogens is 3.